The third-order valence-electron chi connectivity index (χ3n) is 3.74. The lowest BCUT2D eigenvalue weighted by Gasteiger charge is -2.08. The van der Waals surface area contributed by atoms with Crippen LogP contribution in [0.3, 0.4) is 0 Å². The van der Waals surface area contributed by atoms with Crippen LogP contribution in [0.1, 0.15) is 41.6 Å². The fourth-order valence-electron chi connectivity index (χ4n) is 2.69. The lowest BCUT2D eigenvalue weighted by Crippen LogP contribution is -2.09. The Morgan fingerprint density at radius 1 is 1.25 bits per heavy atom. The molecule has 0 unspecified atom stereocenters. The number of ether oxygens (including phenoxy) is 1. The highest BCUT2D eigenvalue weighted by atomic mass is 35.5. The molecule has 0 radical (unpaired) electrons. The van der Waals surface area contributed by atoms with Gasteiger partial charge in [-0.05, 0) is 30.9 Å². The van der Waals surface area contributed by atoms with Gasteiger partial charge in [-0.25, -0.2) is 0 Å². The summed E-state index contributed by atoms with van der Waals surface area (Å²) in [6, 6.07) is 1.83. The molecule has 0 spiro atoms. The molecule has 1 aliphatic rings. The highest BCUT2D eigenvalue weighted by Gasteiger charge is 2.34. The molecule has 1 aliphatic carbocycles. The van der Waals surface area contributed by atoms with E-state index in [0.717, 1.165) is 37.7 Å². The van der Waals surface area contributed by atoms with Gasteiger partial charge >= 0.3 is 0 Å². The molecule has 0 saturated carbocycles. The molecule has 0 aromatic heterocycles. The van der Waals surface area contributed by atoms with Gasteiger partial charge in [-0.15, -0.1) is 11.6 Å². The first kappa shape index (κ1) is 15.9. The zero-order valence-corrected chi connectivity index (χ0v) is 13.6. The lowest BCUT2D eigenvalue weighted by atomic mass is 9.97. The third kappa shape index (κ3) is 3.08. The van der Waals surface area contributed by atoms with E-state index in [1.807, 2.05) is 6.07 Å². The van der Waals surface area contributed by atoms with Gasteiger partial charge in [0.15, 0.2) is 5.78 Å². The molecule has 110 valence electrons. The fraction of sp³-hybridized carbons (Fsp3) is 0.533. The lowest BCUT2D eigenvalue weighted by molar-refractivity contribution is 0.0929. The molecule has 0 saturated heterocycles. The number of hydrogen-bond donors (Lipinski definition) is 0. The van der Waals surface area contributed by atoms with Crippen molar-refractivity contribution in [3.63, 3.8) is 0 Å². The van der Waals surface area contributed by atoms with E-state index in [9.17, 15) is 4.79 Å². The van der Waals surface area contributed by atoms with Crippen LogP contribution in [0.15, 0.2) is 6.07 Å². The maximum Gasteiger partial charge on any atom is 0.168 e. The Balaban J connectivity index is 2.14. The summed E-state index contributed by atoms with van der Waals surface area (Å²) in [6.45, 7) is 0. The molecular formula is C15H17Cl3O2. The molecule has 2 nitrogen and oxygen atoms in total. The molecule has 0 amide bonds. The highest BCUT2D eigenvalue weighted by Crippen LogP contribution is 2.42. The first-order chi connectivity index (χ1) is 9.60. The average Bonchev–Trinajstić information content (AvgIpc) is 2.75. The van der Waals surface area contributed by atoms with Crippen molar-refractivity contribution in [3.8, 4) is 5.75 Å². The van der Waals surface area contributed by atoms with Gasteiger partial charge in [-0.2, -0.15) is 0 Å². The number of rotatable bonds is 6. The number of methoxy groups -OCH3 is 1. The van der Waals surface area contributed by atoms with Gasteiger partial charge in [0, 0.05) is 17.4 Å². The molecule has 1 aromatic rings. The maximum absolute atomic E-state index is 12.4. The minimum atomic E-state index is 0.0148. The summed E-state index contributed by atoms with van der Waals surface area (Å²) in [4.78, 5) is 12.4. The van der Waals surface area contributed by atoms with Crippen LogP contribution in [0, 0.1) is 5.92 Å². The van der Waals surface area contributed by atoms with E-state index < -0.39 is 0 Å². The monoisotopic (exact) mass is 334 g/mol. The Morgan fingerprint density at radius 2 is 2.00 bits per heavy atom. The Hall–Kier alpha value is -0.440. The predicted molar refractivity (Wildman–Crippen MR) is 83.7 cm³/mol. The average molecular weight is 336 g/mol. The fourth-order valence-corrected chi connectivity index (χ4v) is 3.41. The van der Waals surface area contributed by atoms with Gasteiger partial charge in [-0.3, -0.25) is 4.79 Å². The summed E-state index contributed by atoms with van der Waals surface area (Å²) in [5.74, 6) is 1.34. The molecule has 2 rings (SSSR count). The Morgan fingerprint density at radius 3 is 2.65 bits per heavy atom. The number of fused-ring (bicyclic) bond motifs is 1. The SMILES string of the molecule is COc1cc2c(c(Cl)c1Cl)C(=O)[C@H](CCCCCCl)C2. The number of benzene rings is 1. The zero-order chi connectivity index (χ0) is 14.7. The quantitative estimate of drug-likeness (QED) is 0.530. The van der Waals surface area contributed by atoms with Crippen LogP contribution in [-0.4, -0.2) is 18.8 Å². The second-order valence-electron chi connectivity index (χ2n) is 5.04. The van der Waals surface area contributed by atoms with E-state index in [0.29, 0.717) is 27.2 Å². The van der Waals surface area contributed by atoms with Gasteiger partial charge in [0.1, 0.15) is 10.8 Å². The number of ketones is 1. The van der Waals surface area contributed by atoms with Crippen molar-refractivity contribution in [1.29, 1.82) is 0 Å². The normalized spacial score (nSPS) is 17.4. The van der Waals surface area contributed by atoms with E-state index in [-0.39, 0.29) is 11.7 Å². The van der Waals surface area contributed by atoms with Crippen LogP contribution in [0.25, 0.3) is 0 Å². The van der Waals surface area contributed by atoms with E-state index in [4.69, 9.17) is 39.5 Å². The summed E-state index contributed by atoms with van der Waals surface area (Å²) in [5, 5.41) is 0.651. The van der Waals surface area contributed by atoms with Crippen LogP contribution >= 0.6 is 34.8 Å². The first-order valence-corrected chi connectivity index (χ1v) is 8.04. The van der Waals surface area contributed by atoms with Gasteiger partial charge in [-0.1, -0.05) is 36.0 Å². The van der Waals surface area contributed by atoms with Gasteiger partial charge in [0.05, 0.1) is 12.1 Å². The van der Waals surface area contributed by atoms with E-state index in [1.54, 1.807) is 7.11 Å². The standard InChI is InChI=1S/C15H17Cl3O2/c1-20-11-8-10-7-9(5-3-2-4-6-16)15(19)12(10)14(18)13(11)17/h8-9H,2-7H2,1H3/t9-/m1/s1. The number of hydrogen-bond acceptors (Lipinski definition) is 2. The van der Waals surface area contributed by atoms with Crippen LogP contribution in [0.2, 0.25) is 10.0 Å². The van der Waals surface area contributed by atoms with Crippen LogP contribution in [0.5, 0.6) is 5.75 Å². The van der Waals surface area contributed by atoms with Crippen molar-refractivity contribution in [2.75, 3.05) is 13.0 Å². The van der Waals surface area contributed by atoms with Gasteiger partial charge in [0.2, 0.25) is 0 Å². The highest BCUT2D eigenvalue weighted by molar-refractivity contribution is 6.45. The number of unbranched alkanes of at least 4 members (excludes halogenated alkanes) is 2. The predicted octanol–water partition coefficient (Wildman–Crippen LogP) is 5.16. The molecule has 20 heavy (non-hydrogen) atoms. The molecule has 0 fully saturated rings. The van der Waals surface area contributed by atoms with Crippen molar-refractivity contribution in [1.82, 2.24) is 0 Å². The minimum absolute atomic E-state index is 0.0148. The second-order valence-corrected chi connectivity index (χ2v) is 6.18. The first-order valence-electron chi connectivity index (χ1n) is 6.75. The van der Waals surface area contributed by atoms with Crippen molar-refractivity contribution >= 4 is 40.6 Å². The van der Waals surface area contributed by atoms with Gasteiger partial charge in [0.25, 0.3) is 0 Å². The van der Waals surface area contributed by atoms with Gasteiger partial charge < -0.3 is 4.74 Å². The van der Waals surface area contributed by atoms with Crippen molar-refractivity contribution in [2.24, 2.45) is 5.92 Å². The van der Waals surface area contributed by atoms with Crippen molar-refractivity contribution in [3.05, 3.63) is 27.2 Å². The Bertz CT molecular complexity index is 514. The summed E-state index contributed by atoms with van der Waals surface area (Å²) in [6.07, 6.45) is 4.67. The van der Waals surface area contributed by atoms with E-state index in [2.05, 4.69) is 0 Å². The Labute approximate surface area is 134 Å². The summed E-state index contributed by atoms with van der Waals surface area (Å²) < 4.78 is 5.19. The molecule has 1 atom stereocenters. The van der Waals surface area contributed by atoms with Crippen molar-refractivity contribution < 1.29 is 9.53 Å². The summed E-state index contributed by atoms with van der Waals surface area (Å²) >= 11 is 18.0. The van der Waals surface area contributed by atoms with Crippen LogP contribution < -0.4 is 4.74 Å². The summed E-state index contributed by atoms with van der Waals surface area (Å²) in [7, 11) is 1.55. The number of carbonyl (C=O) groups is 1. The van der Waals surface area contributed by atoms with Crippen LogP contribution in [0.4, 0.5) is 0 Å². The molecular weight excluding hydrogens is 319 g/mol. The minimum Gasteiger partial charge on any atom is -0.495 e. The largest absolute Gasteiger partial charge is 0.495 e. The number of halogens is 3. The Kier molecular flexibility index (Phi) is 5.59. The topological polar surface area (TPSA) is 26.3 Å². The maximum atomic E-state index is 12.4. The molecule has 1 aromatic carbocycles. The number of carbonyl (C=O) groups excluding carboxylic acids is 1. The number of Topliss-reactive ketones (excluding diaryl/α,β-unsaturated/α-hetero) is 1. The van der Waals surface area contributed by atoms with E-state index in [1.165, 1.54) is 0 Å². The summed E-state index contributed by atoms with van der Waals surface area (Å²) in [5.41, 5.74) is 1.53. The molecule has 0 heterocycles. The van der Waals surface area contributed by atoms with Crippen molar-refractivity contribution in [2.45, 2.75) is 32.1 Å². The molecule has 0 N–H and O–H groups in total. The molecule has 0 bridgehead atoms. The van der Waals surface area contributed by atoms with Crippen LogP contribution in [-0.2, 0) is 6.42 Å². The second kappa shape index (κ2) is 7.02. The molecule has 5 heteroatoms. The number of alkyl halides is 1. The molecule has 0 aliphatic heterocycles. The zero-order valence-electron chi connectivity index (χ0n) is 11.3. The third-order valence-corrected chi connectivity index (χ3v) is 4.86. The van der Waals surface area contributed by atoms with E-state index >= 15 is 0 Å². The smallest absolute Gasteiger partial charge is 0.168 e.